The molecule has 0 spiro atoms. The molecule has 0 aliphatic heterocycles. The van der Waals surface area contributed by atoms with Gasteiger partial charge in [-0.3, -0.25) is 0 Å². The molecule has 0 aliphatic rings. The molecule has 0 saturated carbocycles. The van der Waals surface area contributed by atoms with Crippen LogP contribution in [-0.2, 0) is 6.18 Å². The summed E-state index contributed by atoms with van der Waals surface area (Å²) >= 11 is 1.00. The third-order valence-corrected chi connectivity index (χ3v) is 4.88. The van der Waals surface area contributed by atoms with Crippen LogP contribution in [-0.4, -0.2) is 10.8 Å². The van der Waals surface area contributed by atoms with E-state index in [9.17, 15) is 22.0 Å². The van der Waals surface area contributed by atoms with Gasteiger partial charge in [0, 0.05) is 5.56 Å². The van der Waals surface area contributed by atoms with Gasteiger partial charge in [-0.25, -0.2) is 18.8 Å². The molecule has 1 aromatic heterocycles. The van der Waals surface area contributed by atoms with Crippen molar-refractivity contribution in [3.8, 4) is 11.1 Å². The molecule has 9 heteroatoms. The van der Waals surface area contributed by atoms with Crippen molar-refractivity contribution in [3.05, 3.63) is 69.7 Å². The number of amidine groups is 1. The van der Waals surface area contributed by atoms with E-state index in [1.54, 1.807) is 31.2 Å². The summed E-state index contributed by atoms with van der Waals surface area (Å²) in [6.45, 7) is 1.59. The van der Waals surface area contributed by atoms with Gasteiger partial charge in [0.2, 0.25) is 0 Å². The van der Waals surface area contributed by atoms with E-state index in [0.717, 1.165) is 23.5 Å². The zero-order chi connectivity index (χ0) is 20.5. The van der Waals surface area contributed by atoms with Gasteiger partial charge in [0.25, 0.3) is 6.43 Å². The number of halogens is 5. The van der Waals surface area contributed by atoms with Crippen LogP contribution in [0.2, 0.25) is 0 Å². The van der Waals surface area contributed by atoms with Crippen LogP contribution in [0.5, 0.6) is 0 Å². The minimum Gasteiger partial charge on any atom is -0.382 e. The molecule has 0 bridgehead atoms. The number of thiazole rings is 1. The molecule has 0 atom stereocenters. The molecule has 3 rings (SSSR count). The minimum atomic E-state index is -4.43. The maximum atomic E-state index is 13.2. The summed E-state index contributed by atoms with van der Waals surface area (Å²) in [6.07, 6.45) is -7.23. The Hall–Kier alpha value is -2.81. The summed E-state index contributed by atoms with van der Waals surface area (Å²) in [7, 11) is 0. The van der Waals surface area contributed by atoms with Gasteiger partial charge in [-0.1, -0.05) is 30.3 Å². The first kappa shape index (κ1) is 19.9. The number of nitrogens with two attached hydrogens (primary N) is 1. The van der Waals surface area contributed by atoms with E-state index < -0.39 is 23.9 Å². The van der Waals surface area contributed by atoms with Crippen molar-refractivity contribution in [1.82, 2.24) is 4.98 Å². The molecule has 0 fully saturated rings. The SMILES string of the molecule is Cc1nc(C(F)F)c(C(N)=Nc2ccccc2-c2ccc(C(F)(F)F)cc2)s1. The fraction of sp³-hybridized carbons (Fsp3) is 0.158. The molecule has 3 nitrogen and oxygen atoms in total. The topological polar surface area (TPSA) is 51.3 Å². The highest BCUT2D eigenvalue weighted by Gasteiger charge is 2.30. The van der Waals surface area contributed by atoms with Gasteiger partial charge in [0.15, 0.2) is 0 Å². The quantitative estimate of drug-likeness (QED) is 0.320. The predicted octanol–water partition coefficient (Wildman–Crippen LogP) is 6.11. The highest BCUT2D eigenvalue weighted by molar-refractivity contribution is 7.13. The van der Waals surface area contributed by atoms with Gasteiger partial charge >= 0.3 is 6.18 Å². The molecule has 28 heavy (non-hydrogen) atoms. The molecule has 0 unspecified atom stereocenters. The third-order valence-electron chi connectivity index (χ3n) is 3.87. The van der Waals surface area contributed by atoms with E-state index in [1.165, 1.54) is 12.1 Å². The molecule has 0 saturated heterocycles. The lowest BCUT2D eigenvalue weighted by Gasteiger charge is -2.10. The van der Waals surface area contributed by atoms with Crippen molar-refractivity contribution in [2.45, 2.75) is 19.5 Å². The number of rotatable bonds is 4. The third kappa shape index (κ3) is 4.19. The average molecular weight is 411 g/mol. The maximum absolute atomic E-state index is 13.2. The number of alkyl halides is 5. The van der Waals surface area contributed by atoms with E-state index in [4.69, 9.17) is 5.73 Å². The Labute approximate surface area is 161 Å². The average Bonchev–Trinajstić information content (AvgIpc) is 3.04. The van der Waals surface area contributed by atoms with Crippen molar-refractivity contribution >= 4 is 22.9 Å². The van der Waals surface area contributed by atoms with Crippen LogP contribution in [0.15, 0.2) is 53.5 Å². The molecule has 0 amide bonds. The Morgan fingerprint density at radius 1 is 1.07 bits per heavy atom. The highest BCUT2D eigenvalue weighted by atomic mass is 32.1. The Kier molecular flexibility index (Phi) is 5.46. The number of hydrogen-bond acceptors (Lipinski definition) is 3. The van der Waals surface area contributed by atoms with Crippen LogP contribution in [0, 0.1) is 6.92 Å². The Morgan fingerprint density at radius 3 is 2.32 bits per heavy atom. The number of aromatic nitrogens is 1. The number of aryl methyl sites for hydroxylation is 1. The summed E-state index contributed by atoms with van der Waals surface area (Å²) < 4.78 is 64.6. The first-order valence-electron chi connectivity index (χ1n) is 8.03. The van der Waals surface area contributed by atoms with Gasteiger partial charge in [-0.2, -0.15) is 13.2 Å². The maximum Gasteiger partial charge on any atom is 0.416 e. The van der Waals surface area contributed by atoms with Gasteiger partial charge < -0.3 is 5.73 Å². The largest absolute Gasteiger partial charge is 0.416 e. The summed E-state index contributed by atoms with van der Waals surface area (Å²) in [5.74, 6) is -0.125. The van der Waals surface area contributed by atoms with Crippen molar-refractivity contribution < 1.29 is 22.0 Å². The van der Waals surface area contributed by atoms with Crippen molar-refractivity contribution in [1.29, 1.82) is 0 Å². The second-order valence-corrected chi connectivity index (χ2v) is 7.04. The summed E-state index contributed by atoms with van der Waals surface area (Å²) in [5, 5.41) is 0.430. The number of para-hydroxylation sites is 1. The summed E-state index contributed by atoms with van der Waals surface area (Å²) in [5.41, 5.74) is 6.12. The second kappa shape index (κ2) is 7.67. The first-order valence-corrected chi connectivity index (χ1v) is 8.85. The van der Waals surface area contributed by atoms with E-state index >= 15 is 0 Å². The minimum absolute atomic E-state index is 0.0784. The van der Waals surface area contributed by atoms with Crippen molar-refractivity contribution in [2.24, 2.45) is 10.7 Å². The van der Waals surface area contributed by atoms with E-state index in [-0.39, 0.29) is 10.7 Å². The second-order valence-electron chi connectivity index (χ2n) is 5.84. The lowest BCUT2D eigenvalue weighted by Crippen LogP contribution is -2.13. The Bertz CT molecular complexity index is 1010. The predicted molar refractivity (Wildman–Crippen MR) is 99.1 cm³/mol. The van der Waals surface area contributed by atoms with Crippen LogP contribution in [0.3, 0.4) is 0 Å². The van der Waals surface area contributed by atoms with Crippen LogP contribution in [0.4, 0.5) is 27.6 Å². The Morgan fingerprint density at radius 2 is 1.71 bits per heavy atom. The zero-order valence-corrected chi connectivity index (χ0v) is 15.3. The number of aliphatic imine (C=N–C) groups is 1. The summed E-state index contributed by atoms with van der Waals surface area (Å²) in [4.78, 5) is 8.11. The molecule has 3 aromatic rings. The van der Waals surface area contributed by atoms with Crippen LogP contribution in [0.25, 0.3) is 11.1 Å². The molecule has 0 radical (unpaired) electrons. The van der Waals surface area contributed by atoms with Crippen molar-refractivity contribution in [3.63, 3.8) is 0 Å². The van der Waals surface area contributed by atoms with Crippen molar-refractivity contribution in [2.75, 3.05) is 0 Å². The van der Waals surface area contributed by atoms with E-state index in [1.807, 2.05) is 0 Å². The fourth-order valence-corrected chi connectivity index (χ4v) is 3.44. The standard InChI is InChI=1S/C19H14F5N3S/c1-10-26-15(17(20)21)16(28-10)18(25)27-14-5-3-2-4-13(14)11-6-8-12(9-7-11)19(22,23)24/h2-9,17H,1H3,(H2,25,27). The first-order chi connectivity index (χ1) is 13.2. The Balaban J connectivity index is 2.02. The molecule has 146 valence electrons. The van der Waals surface area contributed by atoms with E-state index in [2.05, 4.69) is 9.98 Å². The smallest absolute Gasteiger partial charge is 0.382 e. The van der Waals surface area contributed by atoms with Crippen LogP contribution < -0.4 is 5.73 Å². The molecular weight excluding hydrogens is 397 g/mol. The van der Waals surface area contributed by atoms with Gasteiger partial charge in [0.1, 0.15) is 11.5 Å². The monoisotopic (exact) mass is 411 g/mol. The molecular formula is C19H14F5N3S. The summed E-state index contributed by atoms with van der Waals surface area (Å²) in [6, 6.07) is 11.2. The lowest BCUT2D eigenvalue weighted by molar-refractivity contribution is -0.137. The van der Waals surface area contributed by atoms with Crippen LogP contribution >= 0.6 is 11.3 Å². The molecule has 1 heterocycles. The van der Waals surface area contributed by atoms with Gasteiger partial charge in [-0.15, -0.1) is 11.3 Å². The lowest BCUT2D eigenvalue weighted by atomic mass is 10.0. The number of benzene rings is 2. The fourth-order valence-electron chi connectivity index (χ4n) is 2.61. The van der Waals surface area contributed by atoms with Crippen LogP contribution in [0.1, 0.15) is 27.6 Å². The van der Waals surface area contributed by atoms with Gasteiger partial charge in [-0.05, 0) is 30.7 Å². The number of hydrogen-bond donors (Lipinski definition) is 1. The number of nitrogens with zero attached hydrogens (tertiary/aromatic N) is 2. The molecule has 2 N–H and O–H groups in total. The highest BCUT2D eigenvalue weighted by Crippen LogP contribution is 2.35. The van der Waals surface area contributed by atoms with Gasteiger partial charge in [0.05, 0.1) is 21.1 Å². The molecule has 2 aromatic carbocycles. The molecule has 0 aliphatic carbocycles. The van der Waals surface area contributed by atoms with E-state index in [0.29, 0.717) is 21.8 Å². The zero-order valence-electron chi connectivity index (χ0n) is 14.5. The normalized spacial score (nSPS) is 12.6.